The van der Waals surface area contributed by atoms with E-state index >= 15 is 0 Å². The van der Waals surface area contributed by atoms with Gasteiger partial charge >= 0.3 is 0 Å². The molecule has 1 rings (SSSR count). The van der Waals surface area contributed by atoms with Gasteiger partial charge in [-0.05, 0) is 19.4 Å². The predicted octanol–water partition coefficient (Wildman–Crippen LogP) is 1.49. The van der Waals surface area contributed by atoms with Crippen molar-refractivity contribution < 1.29 is 5.11 Å². The highest BCUT2D eigenvalue weighted by molar-refractivity contribution is 4.88. The van der Waals surface area contributed by atoms with Crippen molar-refractivity contribution >= 4 is 0 Å². The molecule has 0 aromatic carbocycles. The van der Waals surface area contributed by atoms with Crippen LogP contribution in [0.5, 0.6) is 0 Å². The first-order valence-electron chi connectivity index (χ1n) is 5.40. The van der Waals surface area contributed by atoms with Crippen LogP contribution in [0, 0.1) is 17.8 Å². The molecule has 1 heterocycles. The summed E-state index contributed by atoms with van der Waals surface area (Å²) in [5.74, 6) is 2.66. The number of piperidine rings is 1. The van der Waals surface area contributed by atoms with Crippen molar-refractivity contribution in [1.82, 2.24) is 4.90 Å². The van der Waals surface area contributed by atoms with Crippen molar-refractivity contribution in [3.05, 3.63) is 0 Å². The van der Waals surface area contributed by atoms with Crippen LogP contribution in [-0.4, -0.2) is 35.7 Å². The molecular weight excluding hydrogens is 174 g/mol. The summed E-state index contributed by atoms with van der Waals surface area (Å²) in [6, 6.07) is 0. The lowest BCUT2D eigenvalue weighted by Gasteiger charge is -2.41. The van der Waals surface area contributed by atoms with E-state index in [-0.39, 0.29) is 11.5 Å². The zero-order chi connectivity index (χ0) is 10.6. The molecule has 2 nitrogen and oxygen atoms in total. The third-order valence-electron chi connectivity index (χ3n) is 3.05. The van der Waals surface area contributed by atoms with Gasteiger partial charge in [0, 0.05) is 24.9 Å². The minimum atomic E-state index is -0.147. The smallest absolute Gasteiger partial charge is 0.0615 e. The Morgan fingerprint density at radius 3 is 2.86 bits per heavy atom. The lowest BCUT2D eigenvalue weighted by Crippen LogP contribution is -2.48. The molecular formula is C12H21NO. The van der Waals surface area contributed by atoms with Crippen molar-refractivity contribution in [3.63, 3.8) is 0 Å². The number of rotatable bonds is 3. The number of aliphatic hydroxyl groups is 1. The topological polar surface area (TPSA) is 23.5 Å². The summed E-state index contributed by atoms with van der Waals surface area (Å²) >= 11 is 0. The SMILES string of the molecule is C#CCCCN1CCC(O)C(C)(C)C1. The second kappa shape index (κ2) is 4.82. The first-order chi connectivity index (χ1) is 6.56. The van der Waals surface area contributed by atoms with E-state index in [4.69, 9.17) is 6.42 Å². The molecule has 1 aliphatic rings. The number of likely N-dealkylation sites (tertiary alicyclic amines) is 1. The van der Waals surface area contributed by atoms with E-state index in [0.29, 0.717) is 0 Å². The van der Waals surface area contributed by atoms with E-state index in [1.165, 1.54) is 0 Å². The number of terminal acetylenes is 1. The molecule has 0 aromatic heterocycles. The van der Waals surface area contributed by atoms with E-state index in [0.717, 1.165) is 38.9 Å². The van der Waals surface area contributed by atoms with Gasteiger partial charge in [0.1, 0.15) is 0 Å². The van der Waals surface area contributed by atoms with E-state index in [2.05, 4.69) is 24.7 Å². The van der Waals surface area contributed by atoms with Gasteiger partial charge in [0.25, 0.3) is 0 Å². The van der Waals surface area contributed by atoms with Gasteiger partial charge < -0.3 is 10.0 Å². The average Bonchev–Trinajstić information content (AvgIpc) is 2.11. The van der Waals surface area contributed by atoms with Gasteiger partial charge in [-0.15, -0.1) is 12.3 Å². The molecule has 1 aliphatic heterocycles. The Balaban J connectivity index is 2.33. The molecule has 1 N–H and O–H groups in total. The molecule has 0 amide bonds. The highest BCUT2D eigenvalue weighted by Crippen LogP contribution is 2.28. The molecule has 0 aliphatic carbocycles. The molecule has 14 heavy (non-hydrogen) atoms. The van der Waals surface area contributed by atoms with Crippen LogP contribution >= 0.6 is 0 Å². The molecule has 1 atom stereocenters. The lowest BCUT2D eigenvalue weighted by molar-refractivity contribution is -0.0244. The maximum absolute atomic E-state index is 9.77. The minimum Gasteiger partial charge on any atom is -0.392 e. The van der Waals surface area contributed by atoms with Crippen LogP contribution in [0.4, 0.5) is 0 Å². The number of unbranched alkanes of at least 4 members (excludes halogenated alkanes) is 1. The van der Waals surface area contributed by atoms with Gasteiger partial charge in [-0.2, -0.15) is 0 Å². The second-order valence-electron chi connectivity index (χ2n) is 4.88. The van der Waals surface area contributed by atoms with Gasteiger partial charge in [-0.25, -0.2) is 0 Å². The summed E-state index contributed by atoms with van der Waals surface area (Å²) in [6.07, 6.45) is 7.89. The van der Waals surface area contributed by atoms with Crippen molar-refractivity contribution in [2.75, 3.05) is 19.6 Å². The number of aliphatic hydroxyl groups excluding tert-OH is 1. The zero-order valence-corrected chi connectivity index (χ0v) is 9.29. The first-order valence-corrected chi connectivity index (χ1v) is 5.40. The normalized spacial score (nSPS) is 27.1. The van der Waals surface area contributed by atoms with E-state index in [1.807, 2.05) is 0 Å². The minimum absolute atomic E-state index is 0.0361. The van der Waals surface area contributed by atoms with Gasteiger partial charge in [-0.1, -0.05) is 13.8 Å². The lowest BCUT2D eigenvalue weighted by atomic mass is 9.81. The van der Waals surface area contributed by atoms with E-state index < -0.39 is 0 Å². The van der Waals surface area contributed by atoms with Crippen LogP contribution in [0.2, 0.25) is 0 Å². The Hall–Kier alpha value is -0.520. The summed E-state index contributed by atoms with van der Waals surface area (Å²) in [6.45, 7) is 7.32. The molecule has 0 bridgehead atoms. The van der Waals surface area contributed by atoms with Gasteiger partial charge in [0.05, 0.1) is 6.10 Å². The third kappa shape index (κ3) is 3.01. The third-order valence-corrected chi connectivity index (χ3v) is 3.05. The largest absolute Gasteiger partial charge is 0.392 e. The van der Waals surface area contributed by atoms with Crippen molar-refractivity contribution in [2.24, 2.45) is 5.41 Å². The Bertz CT molecular complexity index is 217. The first kappa shape index (κ1) is 11.6. The Labute approximate surface area is 87.3 Å². The quantitative estimate of drug-likeness (QED) is 0.545. The molecule has 0 aromatic rings. The molecule has 1 unspecified atom stereocenters. The average molecular weight is 195 g/mol. The maximum atomic E-state index is 9.77. The molecule has 1 saturated heterocycles. The Morgan fingerprint density at radius 2 is 2.29 bits per heavy atom. The molecule has 2 heteroatoms. The molecule has 0 spiro atoms. The summed E-state index contributed by atoms with van der Waals surface area (Å²) in [4.78, 5) is 2.41. The maximum Gasteiger partial charge on any atom is 0.0615 e. The molecule has 80 valence electrons. The summed E-state index contributed by atoms with van der Waals surface area (Å²) in [5, 5.41) is 9.77. The fraction of sp³-hybridized carbons (Fsp3) is 0.833. The van der Waals surface area contributed by atoms with Gasteiger partial charge in [0.15, 0.2) is 0 Å². The van der Waals surface area contributed by atoms with Crippen LogP contribution in [0.15, 0.2) is 0 Å². The second-order valence-corrected chi connectivity index (χ2v) is 4.88. The summed E-state index contributed by atoms with van der Waals surface area (Å²) in [7, 11) is 0. The van der Waals surface area contributed by atoms with Crippen molar-refractivity contribution in [1.29, 1.82) is 0 Å². The molecule has 0 radical (unpaired) electrons. The standard InChI is InChI=1S/C12H21NO/c1-4-5-6-8-13-9-7-11(14)12(2,3)10-13/h1,11,14H,5-10H2,2-3H3. The predicted molar refractivity (Wildman–Crippen MR) is 58.9 cm³/mol. The van der Waals surface area contributed by atoms with Crippen molar-refractivity contribution in [2.45, 2.75) is 39.2 Å². The highest BCUT2D eigenvalue weighted by Gasteiger charge is 2.33. The molecule has 0 saturated carbocycles. The Kier molecular flexibility index (Phi) is 3.97. The van der Waals surface area contributed by atoms with E-state index in [9.17, 15) is 5.11 Å². The number of hydrogen-bond acceptors (Lipinski definition) is 2. The van der Waals surface area contributed by atoms with Crippen LogP contribution in [0.1, 0.15) is 33.1 Å². The van der Waals surface area contributed by atoms with E-state index in [1.54, 1.807) is 0 Å². The van der Waals surface area contributed by atoms with Gasteiger partial charge in [-0.3, -0.25) is 0 Å². The van der Waals surface area contributed by atoms with Gasteiger partial charge in [0.2, 0.25) is 0 Å². The fourth-order valence-electron chi connectivity index (χ4n) is 2.05. The summed E-state index contributed by atoms with van der Waals surface area (Å²) < 4.78 is 0. The number of nitrogens with zero attached hydrogens (tertiary/aromatic N) is 1. The van der Waals surface area contributed by atoms with Crippen LogP contribution in [0.25, 0.3) is 0 Å². The fourth-order valence-corrected chi connectivity index (χ4v) is 2.05. The monoisotopic (exact) mass is 195 g/mol. The van der Waals surface area contributed by atoms with Crippen molar-refractivity contribution in [3.8, 4) is 12.3 Å². The molecule has 1 fully saturated rings. The van der Waals surface area contributed by atoms with Crippen LogP contribution < -0.4 is 0 Å². The van der Waals surface area contributed by atoms with Crippen LogP contribution in [0.3, 0.4) is 0 Å². The highest BCUT2D eigenvalue weighted by atomic mass is 16.3. The zero-order valence-electron chi connectivity index (χ0n) is 9.29. The summed E-state index contributed by atoms with van der Waals surface area (Å²) in [5.41, 5.74) is 0.0361. The Morgan fingerprint density at radius 1 is 1.57 bits per heavy atom. The van der Waals surface area contributed by atoms with Crippen LogP contribution in [-0.2, 0) is 0 Å². The number of hydrogen-bond donors (Lipinski definition) is 1.